The standard InChI is InChI=1S/C16H15NO3.K.H/c17-15(18)11-14(12-7-3-1-4-8-12)20-16(19)13-9-5-2-6-10-13;;/h1-10,14H,11H2,(H2,17,18);;/q;+1;-1. The fourth-order valence-corrected chi connectivity index (χ4v) is 1.85. The molecule has 1 atom stereocenters. The molecule has 2 N–H and O–H groups in total. The summed E-state index contributed by atoms with van der Waals surface area (Å²) in [5, 5.41) is 0. The summed E-state index contributed by atoms with van der Waals surface area (Å²) < 4.78 is 5.39. The van der Waals surface area contributed by atoms with E-state index in [9.17, 15) is 9.59 Å². The van der Waals surface area contributed by atoms with Gasteiger partial charge < -0.3 is 11.9 Å². The molecule has 0 radical (unpaired) electrons. The largest absolute Gasteiger partial charge is 1.00 e. The Kier molecular flexibility index (Phi) is 7.85. The molecule has 2 aromatic rings. The normalized spacial score (nSPS) is 11.0. The number of rotatable bonds is 5. The number of nitrogens with two attached hydrogens (primary N) is 1. The van der Waals surface area contributed by atoms with Gasteiger partial charge in [0.05, 0.1) is 12.0 Å². The van der Waals surface area contributed by atoms with E-state index in [0.29, 0.717) is 5.56 Å². The van der Waals surface area contributed by atoms with Gasteiger partial charge in [0.25, 0.3) is 0 Å². The van der Waals surface area contributed by atoms with Crippen LogP contribution in [0.2, 0.25) is 0 Å². The van der Waals surface area contributed by atoms with Crippen molar-refractivity contribution in [2.24, 2.45) is 5.73 Å². The van der Waals surface area contributed by atoms with Crippen LogP contribution in [-0.4, -0.2) is 11.9 Å². The van der Waals surface area contributed by atoms with E-state index < -0.39 is 18.0 Å². The van der Waals surface area contributed by atoms with Crippen LogP contribution < -0.4 is 57.1 Å². The molecule has 4 nitrogen and oxygen atoms in total. The summed E-state index contributed by atoms with van der Waals surface area (Å²) in [6, 6.07) is 17.7. The van der Waals surface area contributed by atoms with Crippen LogP contribution in [-0.2, 0) is 9.53 Å². The van der Waals surface area contributed by atoms with Crippen molar-refractivity contribution >= 4 is 11.9 Å². The molecule has 0 saturated heterocycles. The van der Waals surface area contributed by atoms with Gasteiger partial charge in [0.15, 0.2) is 0 Å². The predicted octanol–water partition coefficient (Wildman–Crippen LogP) is -0.423. The van der Waals surface area contributed by atoms with Crippen molar-refractivity contribution in [3.05, 3.63) is 71.8 Å². The first kappa shape index (κ1) is 18.1. The summed E-state index contributed by atoms with van der Waals surface area (Å²) in [5.74, 6) is -0.986. The molecule has 0 saturated carbocycles. The van der Waals surface area contributed by atoms with Gasteiger partial charge in [-0.25, -0.2) is 4.79 Å². The average Bonchev–Trinajstić information content (AvgIpc) is 2.48. The molecule has 0 bridgehead atoms. The number of amides is 1. The number of carbonyl (C=O) groups excluding carboxylic acids is 2. The van der Waals surface area contributed by atoms with Gasteiger partial charge in [-0.15, -0.1) is 0 Å². The van der Waals surface area contributed by atoms with Gasteiger partial charge in [0.2, 0.25) is 5.91 Å². The maximum absolute atomic E-state index is 12.0. The van der Waals surface area contributed by atoms with Crippen molar-refractivity contribution in [1.82, 2.24) is 0 Å². The zero-order chi connectivity index (χ0) is 14.4. The molecule has 0 spiro atoms. The van der Waals surface area contributed by atoms with Crippen LogP contribution in [0.3, 0.4) is 0 Å². The molecular weight excluding hydrogens is 293 g/mol. The Bertz CT molecular complexity index is 593. The van der Waals surface area contributed by atoms with Gasteiger partial charge in [0, 0.05) is 0 Å². The van der Waals surface area contributed by atoms with Crippen molar-refractivity contribution in [3.63, 3.8) is 0 Å². The van der Waals surface area contributed by atoms with Gasteiger partial charge in [-0.05, 0) is 17.7 Å². The van der Waals surface area contributed by atoms with Crippen molar-refractivity contribution in [2.75, 3.05) is 0 Å². The predicted molar refractivity (Wildman–Crippen MR) is 76.0 cm³/mol. The van der Waals surface area contributed by atoms with Crippen LogP contribution in [0.1, 0.15) is 29.9 Å². The second-order valence-electron chi connectivity index (χ2n) is 4.34. The first-order chi connectivity index (χ1) is 9.66. The second-order valence-corrected chi connectivity index (χ2v) is 4.34. The van der Waals surface area contributed by atoms with Crippen molar-refractivity contribution in [3.8, 4) is 0 Å². The molecule has 21 heavy (non-hydrogen) atoms. The van der Waals surface area contributed by atoms with E-state index in [1.54, 1.807) is 36.4 Å². The van der Waals surface area contributed by atoms with Crippen LogP contribution in [0.15, 0.2) is 60.7 Å². The second kappa shape index (κ2) is 9.12. The Morgan fingerprint density at radius 3 is 2.05 bits per heavy atom. The Balaban J connectivity index is 0.00000220. The Hall–Kier alpha value is -0.984. The number of hydrogen-bond acceptors (Lipinski definition) is 3. The zero-order valence-electron chi connectivity index (χ0n) is 12.9. The third kappa shape index (κ3) is 5.72. The number of hydrogen-bond donors (Lipinski definition) is 1. The average molecular weight is 309 g/mol. The quantitative estimate of drug-likeness (QED) is 0.602. The molecular formula is C16H16KNO3. The van der Waals surface area contributed by atoms with Crippen LogP contribution in [0, 0.1) is 0 Å². The molecule has 0 aliphatic carbocycles. The monoisotopic (exact) mass is 309 g/mol. The Morgan fingerprint density at radius 1 is 1.00 bits per heavy atom. The van der Waals surface area contributed by atoms with Crippen molar-refractivity contribution in [1.29, 1.82) is 0 Å². The van der Waals surface area contributed by atoms with Crippen molar-refractivity contribution < 1.29 is 67.1 Å². The number of esters is 1. The molecule has 2 rings (SSSR count). The minimum absolute atomic E-state index is 0. The molecule has 0 aromatic heterocycles. The van der Waals surface area contributed by atoms with Gasteiger partial charge in [0.1, 0.15) is 6.10 Å². The number of primary amides is 1. The van der Waals surface area contributed by atoms with Crippen LogP contribution in [0.5, 0.6) is 0 Å². The topological polar surface area (TPSA) is 69.4 Å². The maximum atomic E-state index is 12.0. The van der Waals surface area contributed by atoms with E-state index in [0.717, 1.165) is 5.56 Å². The molecule has 0 heterocycles. The number of ether oxygens (including phenoxy) is 1. The SMILES string of the molecule is NC(=O)CC(OC(=O)c1ccccc1)c1ccccc1.[H-].[K+]. The van der Waals surface area contributed by atoms with Gasteiger partial charge >= 0.3 is 57.4 Å². The first-order valence-electron chi connectivity index (χ1n) is 6.26. The van der Waals surface area contributed by atoms with Crippen LogP contribution in [0.4, 0.5) is 0 Å². The van der Waals surface area contributed by atoms with Crippen molar-refractivity contribution in [2.45, 2.75) is 12.5 Å². The van der Waals surface area contributed by atoms with E-state index in [4.69, 9.17) is 10.5 Å². The van der Waals surface area contributed by atoms with E-state index >= 15 is 0 Å². The van der Waals surface area contributed by atoms with E-state index in [2.05, 4.69) is 0 Å². The number of benzene rings is 2. The minimum Gasteiger partial charge on any atom is -1.00 e. The molecule has 2 aromatic carbocycles. The molecule has 5 heteroatoms. The van der Waals surface area contributed by atoms with Gasteiger partial charge in [-0.1, -0.05) is 48.5 Å². The van der Waals surface area contributed by atoms with E-state index in [-0.39, 0.29) is 59.2 Å². The molecule has 0 aliphatic rings. The van der Waals surface area contributed by atoms with E-state index in [1.807, 2.05) is 24.3 Å². The smallest absolute Gasteiger partial charge is 1.00 e. The third-order valence-corrected chi connectivity index (χ3v) is 2.82. The van der Waals surface area contributed by atoms with Crippen LogP contribution in [0.25, 0.3) is 0 Å². The first-order valence-corrected chi connectivity index (χ1v) is 6.26. The molecule has 1 amide bonds. The summed E-state index contributed by atoms with van der Waals surface area (Å²) in [7, 11) is 0. The summed E-state index contributed by atoms with van der Waals surface area (Å²) in [6.45, 7) is 0. The third-order valence-electron chi connectivity index (χ3n) is 2.82. The van der Waals surface area contributed by atoms with E-state index in [1.165, 1.54) is 0 Å². The Labute approximate surface area is 167 Å². The molecule has 104 valence electrons. The zero-order valence-corrected chi connectivity index (χ0v) is 15.0. The molecule has 1 unspecified atom stereocenters. The summed E-state index contributed by atoms with van der Waals surface area (Å²) >= 11 is 0. The van der Waals surface area contributed by atoms with Gasteiger partial charge in [-0.3, -0.25) is 4.79 Å². The summed E-state index contributed by atoms with van der Waals surface area (Å²) in [4.78, 5) is 23.2. The van der Waals surface area contributed by atoms with Gasteiger partial charge in [-0.2, -0.15) is 0 Å². The Morgan fingerprint density at radius 2 is 1.52 bits per heavy atom. The van der Waals surface area contributed by atoms with Crippen LogP contribution >= 0.6 is 0 Å². The maximum Gasteiger partial charge on any atom is 1.00 e. The number of carbonyl (C=O) groups is 2. The molecule has 0 fully saturated rings. The summed E-state index contributed by atoms with van der Waals surface area (Å²) in [5.41, 5.74) is 6.40. The molecule has 0 aliphatic heterocycles. The fraction of sp³-hybridized carbons (Fsp3) is 0.125. The fourth-order valence-electron chi connectivity index (χ4n) is 1.85. The summed E-state index contributed by atoms with van der Waals surface area (Å²) in [6.07, 6.45) is -0.704. The minimum atomic E-state index is -0.665.